The molecule has 0 bridgehead atoms. The van der Waals surface area contributed by atoms with Crippen LogP contribution in [0.3, 0.4) is 0 Å². The summed E-state index contributed by atoms with van der Waals surface area (Å²) in [6, 6.07) is 85.3. The highest BCUT2D eigenvalue weighted by atomic mass is 16.5. The van der Waals surface area contributed by atoms with Crippen molar-refractivity contribution in [2.75, 3.05) is 66.4 Å². The van der Waals surface area contributed by atoms with E-state index in [1.165, 1.54) is 0 Å². The first-order chi connectivity index (χ1) is 68.6. The van der Waals surface area contributed by atoms with Crippen molar-refractivity contribution in [3.05, 3.63) is 325 Å². The molecule has 12 aromatic carbocycles. The molecular weight excluding hydrogens is 1800 g/mol. The van der Waals surface area contributed by atoms with Crippen molar-refractivity contribution in [2.45, 2.75) is 54.1 Å². The van der Waals surface area contributed by atoms with Gasteiger partial charge in [-0.05, 0) is 282 Å². The molecule has 6 aromatic heterocycles. The lowest BCUT2D eigenvalue weighted by molar-refractivity contribution is 0.101. The lowest BCUT2D eigenvalue weighted by Gasteiger charge is -2.10. The summed E-state index contributed by atoms with van der Waals surface area (Å²) in [4.78, 5) is 73.5. The number of anilines is 6. The quantitative estimate of drug-likeness (QED) is 0.0199. The number of carbonyl (C=O) groups is 6. The van der Waals surface area contributed by atoms with E-state index in [9.17, 15) is 28.8 Å². The lowest BCUT2D eigenvalue weighted by Crippen LogP contribution is -2.12. The van der Waals surface area contributed by atoms with Gasteiger partial charge in [0.15, 0.2) is 0 Å². The van der Waals surface area contributed by atoms with Crippen LogP contribution in [0.2, 0.25) is 0 Å². The third-order valence-electron chi connectivity index (χ3n) is 19.8. The van der Waals surface area contributed by atoms with E-state index < -0.39 is 0 Å². The third-order valence-corrected chi connectivity index (χ3v) is 19.8. The van der Waals surface area contributed by atoms with E-state index >= 15 is 0 Å². The first-order valence-corrected chi connectivity index (χ1v) is 43.7. The number of aromatic amines is 6. The van der Waals surface area contributed by atoms with Crippen LogP contribution in [-0.2, 0) is 0 Å². The molecular formula is C99H96N30O12. The van der Waals surface area contributed by atoms with E-state index in [0.717, 1.165) is 74.3 Å². The third kappa shape index (κ3) is 30.6. The normalized spacial score (nSPS) is 10.5. The number of hydrogen-bond donors (Lipinski definition) is 12. The molecule has 6 amide bonds. The van der Waals surface area contributed by atoms with Gasteiger partial charge in [0.05, 0.1) is 40.6 Å². The first-order valence-electron chi connectivity index (χ1n) is 43.7. The van der Waals surface area contributed by atoms with Crippen molar-refractivity contribution in [3.8, 4) is 103 Å². The van der Waals surface area contributed by atoms with Gasteiger partial charge in [-0.25, -0.2) is 0 Å². The average Bonchev–Trinajstić information content (AvgIpc) is 1.81. The summed E-state index contributed by atoms with van der Waals surface area (Å²) >= 11 is 0. The van der Waals surface area contributed by atoms with Gasteiger partial charge in [-0.1, -0.05) is 100 Å². The zero-order valence-electron chi connectivity index (χ0n) is 77.5. The molecule has 0 aliphatic heterocycles. The summed E-state index contributed by atoms with van der Waals surface area (Å²) < 4.78 is 32.1. The van der Waals surface area contributed by atoms with Crippen LogP contribution in [0.5, 0.6) is 34.5 Å². The number of methoxy groups -OCH3 is 3. The smallest absolute Gasteiger partial charge is 0.255 e. The van der Waals surface area contributed by atoms with Crippen LogP contribution in [0.25, 0.3) is 68.3 Å². The Labute approximate surface area is 806 Å². The number of ether oxygens (including phenoxy) is 6. The van der Waals surface area contributed by atoms with Gasteiger partial charge in [0.2, 0.25) is 34.9 Å². The molecule has 0 fully saturated rings. The summed E-state index contributed by atoms with van der Waals surface area (Å²) in [5.41, 5.74) is 12.2. The van der Waals surface area contributed by atoms with Gasteiger partial charge < -0.3 is 60.3 Å². The number of rotatable bonds is 30. The van der Waals surface area contributed by atoms with Gasteiger partial charge >= 0.3 is 0 Å². The molecule has 12 N–H and O–H groups in total. The zero-order chi connectivity index (χ0) is 99.0. The van der Waals surface area contributed by atoms with Crippen LogP contribution in [0.1, 0.15) is 110 Å². The molecule has 0 saturated heterocycles. The van der Waals surface area contributed by atoms with Gasteiger partial charge in [0, 0.05) is 101 Å². The molecule has 0 unspecified atom stereocenters. The van der Waals surface area contributed by atoms with Crippen molar-refractivity contribution in [3.63, 3.8) is 0 Å². The standard InChI is InChI=1S/C19H21N5O2.C18H19N5O2.C17H17N5O2.3C15H13N5O2/c1-13(2)11-12-26-17-9-7-16(8-10-17)20-19(25)15-5-3-14(4-6-15)18-21-23-24-22-18;1-12(2)11-25-16-9-7-15(8-10-16)19-18(24)14-5-3-13(4-6-14)17-20-22-23-21-17;1-11(2)24-15-9-7-14(8-10-15)18-17(23)13-5-3-12(4-6-13)16-19-21-22-20-16;3*1-22-13-8-6-12(7-9-13)16-15(21)11-4-2-10(3-5-11)14-17-19-20-18-14/h3-10,13H,11-12H2,1-2H3,(H,20,25)(H,21,22,23,24);3-10,12H,11H2,1-2H3,(H,19,24)(H,20,21,22,23);3-11H,1-2H3,(H,18,23)(H,19,20,21,22);3*2-9H,1H3,(H,16,21)(H,17,18,19,20). The lowest BCUT2D eigenvalue weighted by atomic mass is 10.1. The molecule has 0 aliphatic rings. The second-order valence-electron chi connectivity index (χ2n) is 31.3. The Morgan fingerprint density at radius 3 is 0.603 bits per heavy atom. The van der Waals surface area contributed by atoms with Gasteiger partial charge in [-0.2, -0.15) is 31.3 Å². The Kier molecular flexibility index (Phi) is 35.6. The number of tetrazole rings is 6. The number of amides is 6. The number of carbonyl (C=O) groups excluding carboxylic acids is 6. The minimum absolute atomic E-state index is 0.114. The van der Waals surface area contributed by atoms with E-state index in [1.807, 2.05) is 86.6 Å². The molecule has 0 spiro atoms. The van der Waals surface area contributed by atoms with Crippen LogP contribution in [0.15, 0.2) is 291 Å². The molecule has 18 rings (SSSR count). The van der Waals surface area contributed by atoms with Crippen molar-refractivity contribution in [2.24, 2.45) is 11.8 Å². The number of benzene rings is 12. The Balaban J connectivity index is 0.000000142. The molecule has 6 heterocycles. The van der Waals surface area contributed by atoms with Gasteiger partial charge in [-0.3, -0.25) is 28.8 Å². The summed E-state index contributed by atoms with van der Waals surface area (Å²) in [5.74, 6) is 7.46. The molecule has 0 radical (unpaired) electrons. The SMILES string of the molecule is CC(C)CCOc1ccc(NC(=O)c2ccc(-c3nn[nH]n3)cc2)cc1.CC(C)COc1ccc(NC(=O)c2ccc(-c3nn[nH]n3)cc2)cc1.CC(C)Oc1ccc(NC(=O)c2ccc(-c3nn[nH]n3)cc2)cc1.COc1ccc(NC(=O)c2ccc(-c3nn[nH]n3)cc2)cc1.COc1ccc(NC(=O)c2ccc(-c3nn[nH]n3)cc2)cc1.COc1ccc(NC(=O)c2ccc(-c3nn[nH]n3)cc2)cc1. The molecule has 18 aromatic rings. The Bertz CT molecular complexity index is 6530. The summed E-state index contributed by atoms with van der Waals surface area (Å²) in [6.07, 6.45) is 1.13. The molecule has 714 valence electrons. The average molecular weight is 1900 g/mol. The fourth-order valence-electron chi connectivity index (χ4n) is 12.4. The van der Waals surface area contributed by atoms with Gasteiger partial charge in [0.1, 0.15) is 34.5 Å². The van der Waals surface area contributed by atoms with Crippen molar-refractivity contribution < 1.29 is 57.2 Å². The van der Waals surface area contributed by atoms with Crippen LogP contribution in [0.4, 0.5) is 34.1 Å². The van der Waals surface area contributed by atoms with E-state index in [0.29, 0.717) is 128 Å². The fourth-order valence-corrected chi connectivity index (χ4v) is 12.4. The maximum Gasteiger partial charge on any atom is 0.255 e. The van der Waals surface area contributed by atoms with Crippen LogP contribution in [0, 0.1) is 11.8 Å². The summed E-state index contributed by atoms with van der Waals surface area (Å²) in [6.45, 7) is 13.8. The van der Waals surface area contributed by atoms with Gasteiger partial charge in [-0.15, -0.1) is 61.2 Å². The second kappa shape index (κ2) is 50.7. The topological polar surface area (TPSA) is 557 Å². The fraction of sp³-hybridized carbons (Fsp3) is 0.152. The van der Waals surface area contributed by atoms with E-state index in [4.69, 9.17) is 28.4 Å². The predicted molar refractivity (Wildman–Crippen MR) is 525 cm³/mol. The molecule has 0 atom stereocenters. The number of aromatic nitrogens is 24. The van der Waals surface area contributed by atoms with Crippen molar-refractivity contribution in [1.29, 1.82) is 0 Å². The predicted octanol–water partition coefficient (Wildman–Crippen LogP) is 16.0. The highest BCUT2D eigenvalue weighted by Crippen LogP contribution is 2.28. The highest BCUT2D eigenvalue weighted by molar-refractivity contribution is 6.08. The molecule has 141 heavy (non-hydrogen) atoms. The Morgan fingerprint density at radius 1 is 0.241 bits per heavy atom. The monoisotopic (exact) mass is 1900 g/mol. The maximum absolute atomic E-state index is 12.4. The molecule has 0 saturated carbocycles. The number of H-pyrrole nitrogens is 6. The van der Waals surface area contributed by atoms with E-state index in [2.05, 4.69) is 183 Å². The van der Waals surface area contributed by atoms with E-state index in [1.54, 1.807) is 240 Å². The number of nitrogens with zero attached hydrogens (tertiary/aromatic N) is 18. The van der Waals surface area contributed by atoms with E-state index in [-0.39, 0.29) is 41.5 Å². The zero-order valence-corrected chi connectivity index (χ0v) is 77.5. The van der Waals surface area contributed by atoms with Crippen molar-refractivity contribution >= 4 is 69.6 Å². The highest BCUT2D eigenvalue weighted by Gasteiger charge is 2.18. The Morgan fingerprint density at radius 2 is 0.433 bits per heavy atom. The molecule has 42 nitrogen and oxygen atoms in total. The molecule has 0 aliphatic carbocycles. The van der Waals surface area contributed by atoms with Crippen molar-refractivity contribution in [1.82, 2.24) is 124 Å². The minimum Gasteiger partial charge on any atom is -0.497 e. The summed E-state index contributed by atoms with van der Waals surface area (Å²) in [5, 5.41) is 99.2. The van der Waals surface area contributed by atoms with Crippen LogP contribution >= 0.6 is 0 Å². The number of nitrogens with one attached hydrogen (secondary N) is 12. The maximum atomic E-state index is 12.4. The first kappa shape index (κ1) is 99.2. The minimum atomic E-state index is -0.190. The second-order valence-corrected chi connectivity index (χ2v) is 31.3. The van der Waals surface area contributed by atoms with Crippen LogP contribution < -0.4 is 60.3 Å². The molecule has 42 heteroatoms. The summed E-state index contributed by atoms with van der Waals surface area (Å²) in [7, 11) is 4.79. The van der Waals surface area contributed by atoms with Crippen LogP contribution in [-0.4, -0.2) is 200 Å². The Hall–Kier alpha value is -19.3. The van der Waals surface area contributed by atoms with Gasteiger partial charge in [0.25, 0.3) is 35.4 Å². The number of hydrogen-bond acceptors (Lipinski definition) is 30. The largest absolute Gasteiger partial charge is 0.497 e.